The lowest BCUT2D eigenvalue weighted by molar-refractivity contribution is -0.121. The minimum absolute atomic E-state index is 0.0258. The van der Waals surface area contributed by atoms with Gasteiger partial charge in [0.2, 0.25) is 5.91 Å². The highest BCUT2D eigenvalue weighted by atomic mass is 19.1. The number of likely N-dealkylation sites (tertiary alicyclic amines) is 1. The molecule has 0 bridgehead atoms. The van der Waals surface area contributed by atoms with Crippen molar-refractivity contribution in [3.05, 3.63) is 35.6 Å². The zero-order chi connectivity index (χ0) is 16.7. The third-order valence-electron chi connectivity index (χ3n) is 4.50. The Balaban J connectivity index is 1.63. The van der Waals surface area contributed by atoms with Crippen molar-refractivity contribution < 1.29 is 9.18 Å². The fourth-order valence-corrected chi connectivity index (χ4v) is 3.19. The fourth-order valence-electron chi connectivity index (χ4n) is 3.19. The Bertz CT molecular complexity index is 496. The van der Waals surface area contributed by atoms with E-state index in [1.54, 1.807) is 18.2 Å². The highest BCUT2D eigenvalue weighted by Crippen LogP contribution is 2.17. The molecule has 1 aliphatic rings. The van der Waals surface area contributed by atoms with E-state index in [9.17, 15) is 9.18 Å². The molecular formula is C19H29FN2O. The number of nitrogens with zero attached hydrogens (tertiary/aromatic N) is 1. The number of carbonyl (C=O) groups is 1. The second-order valence-electron chi connectivity index (χ2n) is 7.03. The van der Waals surface area contributed by atoms with Gasteiger partial charge in [0.25, 0.3) is 0 Å². The Hall–Kier alpha value is -1.42. The van der Waals surface area contributed by atoms with E-state index < -0.39 is 0 Å². The van der Waals surface area contributed by atoms with Gasteiger partial charge in [-0.15, -0.1) is 0 Å². The molecule has 0 spiro atoms. The molecule has 0 saturated carbocycles. The standard InChI is InChI=1S/C19H29FN2O/c1-15(2)14-22-11-9-16(10-12-22)13-21-19(23)8-7-17-5-3-4-6-18(17)20/h3-6,15-16H,7-14H2,1-2H3,(H,21,23). The maximum absolute atomic E-state index is 13.5. The Morgan fingerprint density at radius 2 is 2.00 bits per heavy atom. The Kier molecular flexibility index (Phi) is 7.03. The van der Waals surface area contributed by atoms with Gasteiger partial charge in [-0.1, -0.05) is 32.0 Å². The van der Waals surface area contributed by atoms with Crippen LogP contribution in [-0.2, 0) is 11.2 Å². The topological polar surface area (TPSA) is 32.3 Å². The largest absolute Gasteiger partial charge is 0.356 e. The number of rotatable bonds is 7. The average Bonchev–Trinajstić information content (AvgIpc) is 2.53. The number of aryl methyl sites for hydroxylation is 1. The first kappa shape index (κ1) is 17.9. The molecule has 1 aliphatic heterocycles. The fraction of sp³-hybridized carbons (Fsp3) is 0.632. The molecule has 0 radical (unpaired) electrons. The van der Waals surface area contributed by atoms with E-state index in [2.05, 4.69) is 24.1 Å². The molecule has 3 nitrogen and oxygen atoms in total. The van der Waals surface area contributed by atoms with Gasteiger partial charge in [-0.2, -0.15) is 0 Å². The molecule has 128 valence electrons. The van der Waals surface area contributed by atoms with Crippen LogP contribution in [0.1, 0.15) is 38.7 Å². The average molecular weight is 320 g/mol. The maximum Gasteiger partial charge on any atom is 0.220 e. The number of benzene rings is 1. The van der Waals surface area contributed by atoms with Crippen LogP contribution in [0, 0.1) is 17.7 Å². The lowest BCUT2D eigenvalue weighted by Crippen LogP contribution is -2.40. The third-order valence-corrected chi connectivity index (χ3v) is 4.50. The van der Waals surface area contributed by atoms with E-state index in [-0.39, 0.29) is 11.7 Å². The highest BCUT2D eigenvalue weighted by molar-refractivity contribution is 5.76. The number of carbonyl (C=O) groups excluding carboxylic acids is 1. The minimum atomic E-state index is -0.224. The Labute approximate surface area is 139 Å². The summed E-state index contributed by atoms with van der Waals surface area (Å²) in [6.07, 6.45) is 3.12. The number of hydrogen-bond donors (Lipinski definition) is 1. The summed E-state index contributed by atoms with van der Waals surface area (Å²) in [5, 5.41) is 3.02. The quantitative estimate of drug-likeness (QED) is 0.836. The summed E-state index contributed by atoms with van der Waals surface area (Å²) in [5.41, 5.74) is 0.615. The molecule has 0 aromatic heterocycles. The van der Waals surface area contributed by atoms with Crippen LogP contribution < -0.4 is 5.32 Å². The van der Waals surface area contributed by atoms with Crippen molar-refractivity contribution in [1.29, 1.82) is 0 Å². The number of halogens is 1. The normalized spacial score (nSPS) is 16.7. The molecule has 4 heteroatoms. The number of hydrogen-bond acceptors (Lipinski definition) is 2. The second-order valence-corrected chi connectivity index (χ2v) is 7.03. The molecular weight excluding hydrogens is 291 g/mol. The van der Waals surface area contributed by atoms with Crippen LogP contribution >= 0.6 is 0 Å². The van der Waals surface area contributed by atoms with Gasteiger partial charge in [0, 0.05) is 19.5 Å². The van der Waals surface area contributed by atoms with Crippen molar-refractivity contribution in [2.24, 2.45) is 11.8 Å². The van der Waals surface area contributed by atoms with Crippen molar-refractivity contribution >= 4 is 5.91 Å². The zero-order valence-corrected chi connectivity index (χ0v) is 14.4. The van der Waals surface area contributed by atoms with Gasteiger partial charge >= 0.3 is 0 Å². The monoisotopic (exact) mass is 320 g/mol. The summed E-state index contributed by atoms with van der Waals surface area (Å²) >= 11 is 0. The van der Waals surface area contributed by atoms with Crippen LogP contribution in [-0.4, -0.2) is 37.0 Å². The van der Waals surface area contributed by atoms with Crippen LogP contribution in [0.25, 0.3) is 0 Å². The SMILES string of the molecule is CC(C)CN1CCC(CNC(=O)CCc2ccccc2F)CC1. The van der Waals surface area contributed by atoms with Crippen LogP contribution in [0.3, 0.4) is 0 Å². The van der Waals surface area contributed by atoms with Crippen LogP contribution in [0.15, 0.2) is 24.3 Å². The van der Waals surface area contributed by atoms with E-state index in [4.69, 9.17) is 0 Å². The van der Waals surface area contributed by atoms with Gasteiger partial charge in [-0.05, 0) is 55.8 Å². The Morgan fingerprint density at radius 3 is 2.65 bits per heavy atom. The van der Waals surface area contributed by atoms with E-state index in [1.165, 1.54) is 12.6 Å². The summed E-state index contributed by atoms with van der Waals surface area (Å²) in [6.45, 7) is 8.69. The molecule has 1 aromatic carbocycles. The smallest absolute Gasteiger partial charge is 0.220 e. The molecule has 1 N–H and O–H groups in total. The Morgan fingerprint density at radius 1 is 1.30 bits per heavy atom. The highest BCUT2D eigenvalue weighted by Gasteiger charge is 2.20. The van der Waals surface area contributed by atoms with Crippen LogP contribution in [0.5, 0.6) is 0 Å². The summed E-state index contributed by atoms with van der Waals surface area (Å²) in [4.78, 5) is 14.5. The maximum atomic E-state index is 13.5. The molecule has 0 unspecified atom stereocenters. The van der Waals surface area contributed by atoms with E-state index >= 15 is 0 Å². The number of nitrogens with one attached hydrogen (secondary N) is 1. The molecule has 23 heavy (non-hydrogen) atoms. The van der Waals surface area contributed by atoms with Crippen molar-refractivity contribution in [1.82, 2.24) is 10.2 Å². The minimum Gasteiger partial charge on any atom is -0.356 e. The summed E-state index contributed by atoms with van der Waals surface area (Å²) in [7, 11) is 0. The van der Waals surface area contributed by atoms with Gasteiger partial charge in [0.05, 0.1) is 0 Å². The van der Waals surface area contributed by atoms with Gasteiger partial charge in [0.1, 0.15) is 5.82 Å². The lowest BCUT2D eigenvalue weighted by Gasteiger charge is -2.33. The molecule has 1 aromatic rings. The van der Waals surface area contributed by atoms with Crippen molar-refractivity contribution in [3.8, 4) is 0 Å². The van der Waals surface area contributed by atoms with E-state index in [0.717, 1.165) is 32.5 Å². The van der Waals surface area contributed by atoms with Crippen molar-refractivity contribution in [2.45, 2.75) is 39.5 Å². The molecule has 1 fully saturated rings. The van der Waals surface area contributed by atoms with Gasteiger partial charge in [0.15, 0.2) is 0 Å². The lowest BCUT2D eigenvalue weighted by atomic mass is 9.96. The first-order chi connectivity index (χ1) is 11.0. The van der Waals surface area contributed by atoms with Crippen LogP contribution in [0.4, 0.5) is 4.39 Å². The molecule has 0 aliphatic carbocycles. The zero-order valence-electron chi connectivity index (χ0n) is 14.4. The molecule has 1 amide bonds. The first-order valence-corrected chi connectivity index (χ1v) is 8.77. The molecule has 2 rings (SSSR count). The third kappa shape index (κ3) is 6.30. The molecule has 0 atom stereocenters. The van der Waals surface area contributed by atoms with Gasteiger partial charge in [-0.3, -0.25) is 4.79 Å². The van der Waals surface area contributed by atoms with E-state index in [0.29, 0.717) is 30.2 Å². The summed E-state index contributed by atoms with van der Waals surface area (Å²) in [6, 6.07) is 6.66. The summed E-state index contributed by atoms with van der Waals surface area (Å²) in [5.74, 6) is 1.09. The number of piperidine rings is 1. The first-order valence-electron chi connectivity index (χ1n) is 8.77. The summed E-state index contributed by atoms with van der Waals surface area (Å²) < 4.78 is 13.5. The predicted octanol–water partition coefficient (Wildman–Crippen LogP) is 3.24. The molecule has 1 heterocycles. The predicted molar refractivity (Wildman–Crippen MR) is 91.7 cm³/mol. The van der Waals surface area contributed by atoms with Crippen molar-refractivity contribution in [3.63, 3.8) is 0 Å². The number of amides is 1. The van der Waals surface area contributed by atoms with Crippen molar-refractivity contribution in [2.75, 3.05) is 26.2 Å². The second kappa shape index (κ2) is 9.02. The van der Waals surface area contributed by atoms with Crippen LogP contribution in [0.2, 0.25) is 0 Å². The van der Waals surface area contributed by atoms with E-state index in [1.807, 2.05) is 0 Å². The van der Waals surface area contributed by atoms with Gasteiger partial charge < -0.3 is 10.2 Å². The molecule has 1 saturated heterocycles. The van der Waals surface area contributed by atoms with Gasteiger partial charge in [-0.25, -0.2) is 4.39 Å².